The second kappa shape index (κ2) is 4.74. The molecule has 1 heterocycles. The highest BCUT2D eigenvalue weighted by atomic mass is 19.1. The molecule has 0 aliphatic carbocycles. The van der Waals surface area contributed by atoms with E-state index in [2.05, 4.69) is 0 Å². The Morgan fingerprint density at radius 2 is 2.41 bits per heavy atom. The molecular weight excluding hydrogens is 231 g/mol. The van der Waals surface area contributed by atoms with E-state index in [1.807, 2.05) is 0 Å². The molecule has 6 nitrogen and oxygen atoms in total. The highest BCUT2D eigenvalue weighted by molar-refractivity contribution is 5.40. The second-order valence-electron chi connectivity index (χ2n) is 3.80. The van der Waals surface area contributed by atoms with Gasteiger partial charge in [-0.15, -0.1) is 0 Å². The van der Waals surface area contributed by atoms with E-state index in [0.717, 1.165) is 18.2 Å². The highest BCUT2D eigenvalue weighted by Gasteiger charge is 2.24. The van der Waals surface area contributed by atoms with E-state index < -0.39 is 16.8 Å². The summed E-state index contributed by atoms with van der Waals surface area (Å²) in [6, 6.07) is 3.27. The number of halogens is 1. The summed E-state index contributed by atoms with van der Waals surface area (Å²) in [4.78, 5) is 15.3. The van der Waals surface area contributed by atoms with Crippen LogP contribution in [0.25, 0.3) is 0 Å². The number of hydrogen-bond donors (Lipinski definition) is 1. The van der Waals surface area contributed by atoms with Crippen LogP contribution in [0.4, 0.5) is 10.1 Å². The standard InChI is InChI=1S/C10H11FN2O4/c11-8-1-2-10(13(15)16)7(3-8)4-12-5-9(14)6-17-12/h1-3,9,14H,4-6H2/t9-/m1/s1. The summed E-state index contributed by atoms with van der Waals surface area (Å²) in [5.74, 6) is -0.537. The number of nitro groups is 1. The van der Waals surface area contributed by atoms with Crippen molar-refractivity contribution in [1.82, 2.24) is 5.06 Å². The first-order valence-corrected chi connectivity index (χ1v) is 5.05. The van der Waals surface area contributed by atoms with Crippen molar-refractivity contribution in [2.45, 2.75) is 12.6 Å². The van der Waals surface area contributed by atoms with Crippen LogP contribution in [0.15, 0.2) is 18.2 Å². The zero-order valence-corrected chi connectivity index (χ0v) is 8.88. The van der Waals surface area contributed by atoms with Crippen LogP contribution in [-0.4, -0.2) is 34.3 Å². The number of hydroxylamine groups is 2. The van der Waals surface area contributed by atoms with Crippen molar-refractivity contribution in [2.75, 3.05) is 13.2 Å². The Labute approximate surface area is 96.3 Å². The normalized spacial score (nSPS) is 20.7. The summed E-state index contributed by atoms with van der Waals surface area (Å²) in [5, 5.41) is 21.4. The van der Waals surface area contributed by atoms with Crippen LogP contribution in [0.2, 0.25) is 0 Å². The Balaban J connectivity index is 2.19. The summed E-state index contributed by atoms with van der Waals surface area (Å²) >= 11 is 0. The average molecular weight is 242 g/mol. The molecule has 1 aromatic carbocycles. The van der Waals surface area contributed by atoms with Crippen molar-refractivity contribution in [3.8, 4) is 0 Å². The Kier molecular flexibility index (Phi) is 3.32. The zero-order chi connectivity index (χ0) is 12.4. The Hall–Kier alpha value is -1.57. The number of nitro benzene ring substituents is 1. The molecule has 1 atom stereocenters. The zero-order valence-electron chi connectivity index (χ0n) is 8.88. The fourth-order valence-electron chi connectivity index (χ4n) is 1.69. The van der Waals surface area contributed by atoms with Crippen molar-refractivity contribution in [3.05, 3.63) is 39.7 Å². The van der Waals surface area contributed by atoms with Crippen LogP contribution in [0.1, 0.15) is 5.56 Å². The predicted octanol–water partition coefficient (Wildman–Crippen LogP) is 0.842. The maximum Gasteiger partial charge on any atom is 0.274 e. The summed E-state index contributed by atoms with van der Waals surface area (Å²) in [5.41, 5.74) is 0.0699. The molecule has 2 rings (SSSR count). The molecule has 0 bridgehead atoms. The maximum atomic E-state index is 13.0. The molecule has 0 unspecified atom stereocenters. The quantitative estimate of drug-likeness (QED) is 0.628. The number of aliphatic hydroxyl groups excluding tert-OH is 1. The van der Waals surface area contributed by atoms with E-state index in [9.17, 15) is 19.6 Å². The van der Waals surface area contributed by atoms with Gasteiger partial charge in [0.05, 0.1) is 30.7 Å². The van der Waals surface area contributed by atoms with E-state index in [-0.39, 0.29) is 30.9 Å². The van der Waals surface area contributed by atoms with Gasteiger partial charge in [0.2, 0.25) is 0 Å². The summed E-state index contributed by atoms with van der Waals surface area (Å²) in [7, 11) is 0. The molecule has 1 saturated heterocycles. The van der Waals surface area contributed by atoms with Gasteiger partial charge < -0.3 is 5.11 Å². The highest BCUT2D eigenvalue weighted by Crippen LogP contribution is 2.22. The molecular formula is C10H11FN2O4. The van der Waals surface area contributed by atoms with Gasteiger partial charge in [0.25, 0.3) is 5.69 Å². The molecule has 1 aliphatic heterocycles. The van der Waals surface area contributed by atoms with E-state index in [4.69, 9.17) is 4.84 Å². The fourth-order valence-corrected chi connectivity index (χ4v) is 1.69. The lowest BCUT2D eigenvalue weighted by Gasteiger charge is -2.13. The van der Waals surface area contributed by atoms with Gasteiger partial charge in [0.1, 0.15) is 5.82 Å². The number of benzene rings is 1. The molecule has 92 valence electrons. The lowest BCUT2D eigenvalue weighted by atomic mass is 10.1. The minimum Gasteiger partial charge on any atom is -0.389 e. The van der Waals surface area contributed by atoms with Gasteiger partial charge in [-0.1, -0.05) is 0 Å². The smallest absolute Gasteiger partial charge is 0.274 e. The molecule has 1 aromatic rings. The third-order valence-corrected chi connectivity index (χ3v) is 2.45. The first-order chi connectivity index (χ1) is 8.06. The SMILES string of the molecule is O=[N+]([O-])c1ccc(F)cc1CN1C[C@@H](O)CO1. The summed E-state index contributed by atoms with van der Waals surface area (Å²) in [6.07, 6.45) is -0.609. The largest absolute Gasteiger partial charge is 0.389 e. The van der Waals surface area contributed by atoms with E-state index in [1.54, 1.807) is 0 Å². The average Bonchev–Trinajstić information content (AvgIpc) is 2.63. The van der Waals surface area contributed by atoms with Crippen LogP contribution in [0.5, 0.6) is 0 Å². The molecule has 0 amide bonds. The molecule has 0 aromatic heterocycles. The van der Waals surface area contributed by atoms with Gasteiger partial charge in [0.15, 0.2) is 0 Å². The fraction of sp³-hybridized carbons (Fsp3) is 0.400. The number of nitrogens with zero attached hydrogens (tertiary/aromatic N) is 2. The number of aliphatic hydroxyl groups is 1. The molecule has 17 heavy (non-hydrogen) atoms. The molecule has 0 spiro atoms. The van der Waals surface area contributed by atoms with Gasteiger partial charge in [-0.2, -0.15) is 5.06 Å². The number of rotatable bonds is 3. The number of hydrogen-bond acceptors (Lipinski definition) is 5. The summed E-state index contributed by atoms with van der Waals surface area (Å²) < 4.78 is 13.0. The maximum absolute atomic E-state index is 13.0. The number of β-amino-alcohol motifs (C(OH)–C–C–N with tert-alkyl or cyclic N) is 1. The van der Waals surface area contributed by atoms with Crippen LogP contribution in [-0.2, 0) is 11.4 Å². The van der Waals surface area contributed by atoms with Gasteiger partial charge in [-0.05, 0) is 12.1 Å². The van der Waals surface area contributed by atoms with Gasteiger partial charge >= 0.3 is 0 Å². The third-order valence-electron chi connectivity index (χ3n) is 2.45. The molecule has 1 N–H and O–H groups in total. The van der Waals surface area contributed by atoms with E-state index >= 15 is 0 Å². The minimum absolute atomic E-state index is 0.0745. The van der Waals surface area contributed by atoms with Crippen LogP contribution in [0, 0.1) is 15.9 Å². The van der Waals surface area contributed by atoms with E-state index in [0.29, 0.717) is 0 Å². The van der Waals surface area contributed by atoms with Crippen LogP contribution >= 0.6 is 0 Å². The van der Waals surface area contributed by atoms with Gasteiger partial charge in [-0.3, -0.25) is 15.0 Å². The Morgan fingerprint density at radius 1 is 1.65 bits per heavy atom. The van der Waals surface area contributed by atoms with Gasteiger partial charge in [0, 0.05) is 11.6 Å². The second-order valence-corrected chi connectivity index (χ2v) is 3.80. The minimum atomic E-state index is -0.609. The molecule has 1 fully saturated rings. The lowest BCUT2D eigenvalue weighted by molar-refractivity contribution is -0.386. The van der Waals surface area contributed by atoms with Crippen molar-refractivity contribution in [2.24, 2.45) is 0 Å². The molecule has 0 saturated carbocycles. The monoisotopic (exact) mass is 242 g/mol. The third kappa shape index (κ3) is 2.76. The first kappa shape index (κ1) is 11.9. The Bertz CT molecular complexity index is 440. The molecule has 7 heteroatoms. The molecule has 0 radical (unpaired) electrons. The van der Waals surface area contributed by atoms with Crippen molar-refractivity contribution in [3.63, 3.8) is 0 Å². The lowest BCUT2D eigenvalue weighted by Crippen LogP contribution is -2.21. The topological polar surface area (TPSA) is 75.8 Å². The molecule has 1 aliphatic rings. The van der Waals surface area contributed by atoms with Crippen molar-refractivity contribution < 1.29 is 19.3 Å². The van der Waals surface area contributed by atoms with Crippen LogP contribution in [0.3, 0.4) is 0 Å². The van der Waals surface area contributed by atoms with Crippen molar-refractivity contribution >= 4 is 5.69 Å². The Morgan fingerprint density at radius 3 is 3.00 bits per heavy atom. The van der Waals surface area contributed by atoms with Crippen molar-refractivity contribution in [1.29, 1.82) is 0 Å². The van der Waals surface area contributed by atoms with E-state index in [1.165, 1.54) is 5.06 Å². The predicted molar refractivity (Wildman–Crippen MR) is 55.4 cm³/mol. The van der Waals surface area contributed by atoms with Gasteiger partial charge in [-0.25, -0.2) is 4.39 Å². The first-order valence-electron chi connectivity index (χ1n) is 5.05. The van der Waals surface area contributed by atoms with Crippen LogP contribution < -0.4 is 0 Å². The summed E-state index contributed by atoms with van der Waals surface area (Å²) in [6.45, 7) is 0.488.